The summed E-state index contributed by atoms with van der Waals surface area (Å²) in [5.74, 6) is 1.73. The van der Waals surface area contributed by atoms with E-state index in [-0.39, 0.29) is 0 Å². The van der Waals surface area contributed by atoms with Crippen molar-refractivity contribution >= 4 is 22.8 Å². The second kappa shape index (κ2) is 8.80. The van der Waals surface area contributed by atoms with Gasteiger partial charge in [-0.25, -0.2) is 4.98 Å². The first-order valence-corrected chi connectivity index (χ1v) is 9.74. The smallest absolute Gasteiger partial charge is 0.125 e. The maximum absolute atomic E-state index is 6.19. The molecule has 0 aromatic carbocycles. The predicted octanol–water partition coefficient (Wildman–Crippen LogP) is 4.73. The monoisotopic (exact) mass is 363 g/mol. The van der Waals surface area contributed by atoms with E-state index in [0.717, 1.165) is 65.0 Å². The van der Waals surface area contributed by atoms with Crippen molar-refractivity contribution in [3.63, 3.8) is 0 Å². The average Bonchev–Trinajstić information content (AvgIpc) is 3.46. The van der Waals surface area contributed by atoms with E-state index in [0.29, 0.717) is 0 Å². The molecule has 0 aliphatic heterocycles. The fraction of sp³-hybridized carbons (Fsp3) is 0.409. The van der Waals surface area contributed by atoms with Gasteiger partial charge in [-0.3, -0.25) is 9.98 Å². The number of nitrogens with zero attached hydrogens (tertiary/aromatic N) is 3. The van der Waals surface area contributed by atoms with Crippen LogP contribution in [0.5, 0.6) is 0 Å². The van der Waals surface area contributed by atoms with Crippen LogP contribution >= 0.6 is 0 Å². The molecule has 5 nitrogen and oxygen atoms in total. The summed E-state index contributed by atoms with van der Waals surface area (Å²) in [7, 11) is 0. The van der Waals surface area contributed by atoms with Gasteiger partial charge in [0.2, 0.25) is 0 Å². The van der Waals surface area contributed by atoms with Crippen LogP contribution in [0.2, 0.25) is 0 Å². The number of nitrogens with two attached hydrogens (primary N) is 1. The summed E-state index contributed by atoms with van der Waals surface area (Å²) in [6.45, 7) is 7.05. The molecule has 0 spiro atoms. The summed E-state index contributed by atoms with van der Waals surface area (Å²) < 4.78 is 0. The normalized spacial score (nSPS) is 15.4. The van der Waals surface area contributed by atoms with Crippen LogP contribution in [0.3, 0.4) is 0 Å². The molecule has 0 unspecified atom stereocenters. The lowest BCUT2D eigenvalue weighted by Gasteiger charge is -2.12. The van der Waals surface area contributed by atoms with Crippen LogP contribution in [0.15, 0.2) is 47.3 Å². The Balaban J connectivity index is 1.80. The van der Waals surface area contributed by atoms with Gasteiger partial charge in [0, 0.05) is 47.2 Å². The number of rotatable bonds is 8. The van der Waals surface area contributed by atoms with Gasteiger partial charge in [-0.15, -0.1) is 0 Å². The Labute approximate surface area is 161 Å². The molecule has 142 valence electrons. The van der Waals surface area contributed by atoms with Gasteiger partial charge in [0.15, 0.2) is 0 Å². The SMILES string of the molecule is CCCc1cc(N=C(C)/C(=C(/C)N)c2ccc(NCC3CC3)nc2)ccn1. The van der Waals surface area contributed by atoms with Crippen LogP contribution in [-0.4, -0.2) is 22.2 Å². The van der Waals surface area contributed by atoms with E-state index in [1.807, 2.05) is 44.4 Å². The van der Waals surface area contributed by atoms with Gasteiger partial charge >= 0.3 is 0 Å². The van der Waals surface area contributed by atoms with E-state index in [1.54, 1.807) is 0 Å². The van der Waals surface area contributed by atoms with E-state index in [1.165, 1.54) is 12.8 Å². The topological polar surface area (TPSA) is 76.2 Å². The van der Waals surface area contributed by atoms with Gasteiger partial charge in [0.25, 0.3) is 0 Å². The molecule has 1 fully saturated rings. The summed E-state index contributed by atoms with van der Waals surface area (Å²) in [5.41, 5.74) is 11.7. The van der Waals surface area contributed by atoms with E-state index < -0.39 is 0 Å². The number of aromatic nitrogens is 2. The molecule has 1 saturated carbocycles. The van der Waals surface area contributed by atoms with Crippen molar-refractivity contribution in [1.29, 1.82) is 0 Å². The van der Waals surface area contributed by atoms with E-state index in [4.69, 9.17) is 10.7 Å². The third-order valence-electron chi connectivity index (χ3n) is 4.68. The first-order chi connectivity index (χ1) is 13.1. The Hall–Kier alpha value is -2.69. The highest BCUT2D eigenvalue weighted by molar-refractivity contribution is 6.24. The Bertz CT molecular complexity index is 828. The lowest BCUT2D eigenvalue weighted by atomic mass is 10.0. The van der Waals surface area contributed by atoms with Gasteiger partial charge in [0.1, 0.15) is 5.82 Å². The first kappa shape index (κ1) is 19.1. The van der Waals surface area contributed by atoms with Gasteiger partial charge in [-0.2, -0.15) is 0 Å². The quantitative estimate of drug-likeness (QED) is 0.665. The van der Waals surface area contributed by atoms with Gasteiger partial charge in [0.05, 0.1) is 5.69 Å². The van der Waals surface area contributed by atoms with E-state index >= 15 is 0 Å². The minimum absolute atomic E-state index is 0.736. The number of allylic oxidation sites excluding steroid dienone is 2. The van der Waals surface area contributed by atoms with E-state index in [9.17, 15) is 0 Å². The standard InChI is InChI=1S/C22H29N5/c1-4-5-19-12-20(10-11-24-19)27-16(3)22(15(2)23)18-8-9-21(26-14-18)25-13-17-6-7-17/h8-12,14,17H,4-7,13,23H2,1-3H3,(H,25,26)/b22-15+,27-16?. The van der Waals surface area contributed by atoms with Gasteiger partial charge < -0.3 is 11.1 Å². The Kier molecular flexibility index (Phi) is 6.22. The highest BCUT2D eigenvalue weighted by atomic mass is 15.0. The Morgan fingerprint density at radius 1 is 1.22 bits per heavy atom. The second-order valence-electron chi connectivity index (χ2n) is 7.27. The molecule has 1 aliphatic rings. The van der Waals surface area contributed by atoms with Crippen LogP contribution in [0.25, 0.3) is 5.57 Å². The van der Waals surface area contributed by atoms with Crippen molar-refractivity contribution in [1.82, 2.24) is 9.97 Å². The van der Waals surface area contributed by atoms with Gasteiger partial charge in [-0.05, 0) is 63.3 Å². The summed E-state index contributed by atoms with van der Waals surface area (Å²) in [6.07, 6.45) is 8.37. The first-order valence-electron chi connectivity index (χ1n) is 9.74. The van der Waals surface area contributed by atoms with Crippen molar-refractivity contribution < 1.29 is 0 Å². The highest BCUT2D eigenvalue weighted by Gasteiger charge is 2.20. The molecule has 5 heteroatoms. The summed E-state index contributed by atoms with van der Waals surface area (Å²) in [4.78, 5) is 13.7. The highest BCUT2D eigenvalue weighted by Crippen LogP contribution is 2.29. The van der Waals surface area contributed by atoms with Crippen LogP contribution in [-0.2, 0) is 6.42 Å². The average molecular weight is 364 g/mol. The largest absolute Gasteiger partial charge is 0.402 e. The molecule has 0 atom stereocenters. The van der Waals surface area contributed by atoms with Crippen LogP contribution in [0, 0.1) is 5.92 Å². The second-order valence-corrected chi connectivity index (χ2v) is 7.27. The third kappa shape index (κ3) is 5.39. The van der Waals surface area contributed by atoms with Gasteiger partial charge in [-0.1, -0.05) is 13.3 Å². The van der Waals surface area contributed by atoms with Crippen molar-refractivity contribution in [2.45, 2.75) is 46.5 Å². The summed E-state index contributed by atoms with van der Waals surface area (Å²) in [5, 5.41) is 3.39. The molecule has 0 bridgehead atoms. The number of aryl methyl sites for hydroxylation is 1. The van der Waals surface area contributed by atoms with Crippen LogP contribution < -0.4 is 11.1 Å². The molecular weight excluding hydrogens is 334 g/mol. The Morgan fingerprint density at radius 2 is 2.04 bits per heavy atom. The van der Waals surface area contributed by atoms with Crippen molar-refractivity contribution in [3.05, 3.63) is 53.6 Å². The fourth-order valence-corrected chi connectivity index (χ4v) is 3.12. The zero-order chi connectivity index (χ0) is 19.2. The number of hydrogen-bond donors (Lipinski definition) is 2. The molecule has 0 saturated heterocycles. The number of anilines is 1. The summed E-state index contributed by atoms with van der Waals surface area (Å²) in [6, 6.07) is 8.04. The number of hydrogen-bond acceptors (Lipinski definition) is 5. The molecular formula is C22H29N5. The maximum Gasteiger partial charge on any atom is 0.125 e. The molecule has 2 aromatic rings. The predicted molar refractivity (Wildman–Crippen MR) is 113 cm³/mol. The zero-order valence-electron chi connectivity index (χ0n) is 16.5. The molecule has 0 amide bonds. The minimum atomic E-state index is 0.736. The minimum Gasteiger partial charge on any atom is -0.402 e. The molecule has 3 rings (SSSR count). The molecule has 1 aliphatic carbocycles. The maximum atomic E-state index is 6.19. The number of aliphatic imine (C=N–C) groups is 1. The molecule has 27 heavy (non-hydrogen) atoms. The van der Waals surface area contributed by atoms with Crippen molar-refractivity contribution in [2.75, 3.05) is 11.9 Å². The lowest BCUT2D eigenvalue weighted by molar-refractivity contribution is 0.883. The van der Waals surface area contributed by atoms with E-state index in [2.05, 4.69) is 28.3 Å². The third-order valence-corrected chi connectivity index (χ3v) is 4.68. The van der Waals surface area contributed by atoms with Crippen molar-refractivity contribution in [3.8, 4) is 0 Å². The molecule has 2 aromatic heterocycles. The molecule has 2 heterocycles. The zero-order valence-corrected chi connectivity index (χ0v) is 16.5. The van der Waals surface area contributed by atoms with Crippen LogP contribution in [0.4, 0.5) is 11.5 Å². The molecule has 0 radical (unpaired) electrons. The number of pyridine rings is 2. The number of nitrogens with one attached hydrogen (secondary N) is 1. The fourth-order valence-electron chi connectivity index (χ4n) is 3.12. The molecule has 3 N–H and O–H groups in total. The Morgan fingerprint density at radius 3 is 2.67 bits per heavy atom. The van der Waals surface area contributed by atoms with Crippen LogP contribution in [0.1, 0.15) is 51.3 Å². The summed E-state index contributed by atoms with van der Waals surface area (Å²) >= 11 is 0. The van der Waals surface area contributed by atoms with Crippen molar-refractivity contribution in [2.24, 2.45) is 16.6 Å². The lowest BCUT2D eigenvalue weighted by Crippen LogP contribution is -2.08.